The average Bonchev–Trinajstić information content (AvgIpc) is 2.66. The van der Waals surface area contributed by atoms with Gasteiger partial charge in [0.2, 0.25) is 0 Å². The zero-order valence-corrected chi connectivity index (χ0v) is 23.8. The molecule has 0 bridgehead atoms. The van der Waals surface area contributed by atoms with E-state index in [0.29, 0.717) is 15.5 Å². The van der Waals surface area contributed by atoms with E-state index in [1.165, 1.54) is 0 Å². The van der Waals surface area contributed by atoms with Crippen LogP contribution in [0.2, 0.25) is 22.0 Å². The van der Waals surface area contributed by atoms with Crippen LogP contribution in [0.4, 0.5) is 0 Å². The Morgan fingerprint density at radius 2 is 0.692 bits per heavy atom. The highest BCUT2D eigenvalue weighted by atomic mass is 28.4. The minimum absolute atomic E-state index is 0.0131. The van der Waals surface area contributed by atoms with Gasteiger partial charge in [-0.3, -0.25) is 0 Å². The van der Waals surface area contributed by atoms with Crippen molar-refractivity contribution in [1.82, 2.24) is 0 Å². The van der Waals surface area contributed by atoms with Crippen LogP contribution in [0, 0.1) is 0 Å². The van der Waals surface area contributed by atoms with Crippen molar-refractivity contribution in [3.8, 4) is 0 Å². The minimum atomic E-state index is -1.64. The maximum Gasteiger partial charge on any atom is 0.134 e. The molecule has 6 nitrogen and oxygen atoms in total. The summed E-state index contributed by atoms with van der Waals surface area (Å²) in [5, 5.41) is 2.09. The van der Waals surface area contributed by atoms with Crippen molar-refractivity contribution in [2.24, 2.45) is 0 Å². The lowest BCUT2D eigenvalue weighted by Crippen LogP contribution is -2.54. The summed E-state index contributed by atoms with van der Waals surface area (Å²) in [5.74, 6) is -0.0393. The van der Waals surface area contributed by atoms with Crippen LogP contribution in [0.25, 0.3) is 0 Å². The van der Waals surface area contributed by atoms with Gasteiger partial charge in [0, 0.05) is 42.7 Å². The maximum atomic E-state index is 5.56. The van der Waals surface area contributed by atoms with E-state index >= 15 is 0 Å². The smallest absolute Gasteiger partial charge is 0.134 e. The quantitative estimate of drug-likeness (QED) is 0.269. The first-order chi connectivity index (χ1) is 12.2. The van der Waals surface area contributed by atoms with E-state index < -0.39 is 36.6 Å². The SMILES string of the molecule is COC(OC)[SiH2]C(C)[Si](C)(C(C)[SiH2]C(OC)OC)C(C)[SiH2]C(OC)OC. The second kappa shape index (κ2) is 13.7. The van der Waals surface area contributed by atoms with Gasteiger partial charge in [-0.15, -0.1) is 0 Å². The summed E-state index contributed by atoms with van der Waals surface area (Å²) >= 11 is 0. The Hall–Kier alpha value is 0.628. The first-order valence-electron chi connectivity index (χ1n) is 9.41. The average molecular weight is 443 g/mol. The molecule has 158 valence electrons. The molecule has 0 aliphatic rings. The molecule has 0 aromatic carbocycles. The fourth-order valence-electron chi connectivity index (χ4n) is 3.95. The summed E-state index contributed by atoms with van der Waals surface area (Å²) in [7, 11) is 7.26. The molecule has 3 unspecified atom stereocenters. The van der Waals surface area contributed by atoms with Crippen molar-refractivity contribution in [2.45, 2.75) is 60.6 Å². The van der Waals surface area contributed by atoms with Crippen LogP contribution in [0.5, 0.6) is 0 Å². The van der Waals surface area contributed by atoms with Crippen LogP contribution in [0.15, 0.2) is 0 Å². The second-order valence-electron chi connectivity index (χ2n) is 7.48. The van der Waals surface area contributed by atoms with Crippen LogP contribution >= 0.6 is 0 Å². The third kappa shape index (κ3) is 7.57. The van der Waals surface area contributed by atoms with E-state index in [0.717, 1.165) is 0 Å². The number of ether oxygens (including phenoxy) is 6. The summed E-state index contributed by atoms with van der Waals surface area (Å²) in [6, 6.07) is 0. The van der Waals surface area contributed by atoms with Gasteiger partial charge in [-0.25, -0.2) is 0 Å². The molecule has 0 aromatic rings. The topological polar surface area (TPSA) is 55.4 Å². The van der Waals surface area contributed by atoms with Crippen molar-refractivity contribution in [1.29, 1.82) is 0 Å². The normalized spacial score (nSPS) is 19.7. The number of hydrogen-bond donors (Lipinski definition) is 0. The lowest BCUT2D eigenvalue weighted by molar-refractivity contribution is -0.0447. The Bertz CT molecular complexity index is 303. The molecule has 0 spiro atoms. The van der Waals surface area contributed by atoms with Gasteiger partial charge in [0.25, 0.3) is 0 Å². The molecule has 0 heterocycles. The van der Waals surface area contributed by atoms with Gasteiger partial charge < -0.3 is 28.4 Å². The first kappa shape index (κ1) is 26.6. The summed E-state index contributed by atoms with van der Waals surface area (Å²) in [6.07, 6.45) is 0. The fraction of sp³-hybridized carbons (Fsp3) is 1.00. The Morgan fingerprint density at radius 1 is 0.500 bits per heavy atom. The van der Waals surface area contributed by atoms with Crippen molar-refractivity contribution >= 4 is 36.6 Å². The molecule has 0 radical (unpaired) electrons. The van der Waals surface area contributed by atoms with Gasteiger partial charge in [0.15, 0.2) is 0 Å². The molecule has 26 heavy (non-hydrogen) atoms. The first-order valence-corrected chi connectivity index (χ1v) is 17.0. The van der Waals surface area contributed by atoms with Crippen molar-refractivity contribution in [3.63, 3.8) is 0 Å². The van der Waals surface area contributed by atoms with E-state index in [1.807, 2.05) is 0 Å². The van der Waals surface area contributed by atoms with Gasteiger partial charge in [-0.1, -0.05) is 42.8 Å². The van der Waals surface area contributed by atoms with Gasteiger partial charge in [0.1, 0.15) is 17.7 Å². The maximum absolute atomic E-state index is 5.56. The highest BCUT2D eigenvalue weighted by Crippen LogP contribution is 2.41. The van der Waals surface area contributed by atoms with E-state index in [9.17, 15) is 0 Å². The molecular formula is C16H42O6Si4. The van der Waals surface area contributed by atoms with Crippen LogP contribution in [0.3, 0.4) is 0 Å². The molecular weight excluding hydrogens is 401 g/mol. The van der Waals surface area contributed by atoms with Crippen LogP contribution in [0.1, 0.15) is 20.8 Å². The van der Waals surface area contributed by atoms with E-state index in [-0.39, 0.29) is 17.7 Å². The van der Waals surface area contributed by atoms with Crippen LogP contribution < -0.4 is 0 Å². The molecule has 0 saturated carbocycles. The van der Waals surface area contributed by atoms with E-state index in [4.69, 9.17) is 28.4 Å². The molecule has 0 saturated heterocycles. The summed E-state index contributed by atoms with van der Waals surface area (Å²) in [6.45, 7) is 9.88. The Labute approximate surface area is 168 Å². The highest BCUT2D eigenvalue weighted by Gasteiger charge is 2.46. The minimum Gasteiger partial charge on any atom is -0.360 e. The van der Waals surface area contributed by atoms with Gasteiger partial charge in [-0.2, -0.15) is 0 Å². The van der Waals surface area contributed by atoms with E-state index in [2.05, 4.69) is 27.3 Å². The van der Waals surface area contributed by atoms with Crippen molar-refractivity contribution < 1.29 is 28.4 Å². The van der Waals surface area contributed by atoms with Gasteiger partial charge >= 0.3 is 0 Å². The van der Waals surface area contributed by atoms with Crippen LogP contribution in [-0.2, 0) is 28.4 Å². The molecule has 0 fully saturated rings. The zero-order valence-electron chi connectivity index (χ0n) is 18.5. The Morgan fingerprint density at radius 3 is 0.846 bits per heavy atom. The van der Waals surface area contributed by atoms with Crippen molar-refractivity contribution in [3.05, 3.63) is 0 Å². The molecule has 0 N–H and O–H groups in total. The summed E-state index contributed by atoms with van der Waals surface area (Å²) in [5.41, 5.74) is 0. The third-order valence-electron chi connectivity index (χ3n) is 6.40. The molecule has 3 atom stereocenters. The number of methoxy groups -OCH3 is 6. The largest absolute Gasteiger partial charge is 0.360 e. The Balaban J connectivity index is 5.52. The van der Waals surface area contributed by atoms with Crippen molar-refractivity contribution in [2.75, 3.05) is 42.7 Å². The fourth-order valence-corrected chi connectivity index (χ4v) is 27.8. The molecule has 10 heteroatoms. The monoisotopic (exact) mass is 442 g/mol. The second-order valence-corrected chi connectivity index (χ2v) is 22.7. The lowest BCUT2D eigenvalue weighted by Gasteiger charge is -2.45. The van der Waals surface area contributed by atoms with Crippen LogP contribution in [-0.4, -0.2) is 97.0 Å². The molecule has 0 aliphatic carbocycles. The van der Waals surface area contributed by atoms with Gasteiger partial charge in [-0.05, 0) is 0 Å². The lowest BCUT2D eigenvalue weighted by atomic mass is 10.9. The number of rotatable bonds is 15. The standard InChI is InChI=1S/C16H42O6Si4/c1-11(23-14(17-4)18-5)26(10,12(2)24-15(19-6)20-7)13(3)25-16(21-8)22-9/h11-16H,23-25H2,1-10H3. The predicted octanol–water partition coefficient (Wildman–Crippen LogP) is 0.343. The zero-order chi connectivity index (χ0) is 20.3. The number of hydrogen-bond acceptors (Lipinski definition) is 6. The molecule has 0 aliphatic heterocycles. The molecule has 0 aromatic heterocycles. The predicted molar refractivity (Wildman–Crippen MR) is 119 cm³/mol. The highest BCUT2D eigenvalue weighted by molar-refractivity contribution is 6.98. The summed E-state index contributed by atoms with van der Waals surface area (Å²) < 4.78 is 33.3. The summed E-state index contributed by atoms with van der Waals surface area (Å²) in [4.78, 5) is 0. The third-order valence-corrected chi connectivity index (χ3v) is 28.1. The van der Waals surface area contributed by atoms with E-state index in [1.54, 1.807) is 42.7 Å². The van der Waals surface area contributed by atoms with Gasteiger partial charge in [0.05, 0.1) is 36.6 Å². The molecule has 0 rings (SSSR count). The Kier molecular flexibility index (Phi) is 14.1. The molecule has 0 amide bonds.